The molecule has 0 bridgehead atoms. The van der Waals surface area contributed by atoms with Crippen LogP contribution >= 0.6 is 11.8 Å². The van der Waals surface area contributed by atoms with E-state index < -0.39 is 0 Å². The summed E-state index contributed by atoms with van der Waals surface area (Å²) < 4.78 is 1.68. The third-order valence-corrected chi connectivity index (χ3v) is 4.98. The maximum atomic E-state index is 12.4. The Hall–Kier alpha value is -3.13. The molecule has 2 heterocycles. The molecular formula is C20H21N5O2S. The normalized spacial score (nSPS) is 11.6. The van der Waals surface area contributed by atoms with Gasteiger partial charge in [0.2, 0.25) is 11.8 Å². The fourth-order valence-corrected chi connectivity index (χ4v) is 3.40. The summed E-state index contributed by atoms with van der Waals surface area (Å²) in [7, 11) is 0. The number of amides is 2. The summed E-state index contributed by atoms with van der Waals surface area (Å²) in [5.74, 6) is 0.548. The van der Waals surface area contributed by atoms with Crippen molar-refractivity contribution < 1.29 is 9.59 Å². The number of nitrogens with zero attached hydrogens (tertiary/aromatic N) is 3. The largest absolute Gasteiger partial charge is 0.351 e. The fraction of sp³-hybridized carbons (Fsp3) is 0.200. The highest BCUT2D eigenvalue weighted by Crippen LogP contribution is 2.25. The van der Waals surface area contributed by atoms with Crippen molar-refractivity contribution in [3.63, 3.8) is 0 Å². The zero-order valence-electron chi connectivity index (χ0n) is 15.6. The summed E-state index contributed by atoms with van der Waals surface area (Å²) in [5.41, 5.74) is 1.69. The van der Waals surface area contributed by atoms with Gasteiger partial charge in [-0.2, -0.15) is 5.10 Å². The maximum Gasteiger partial charge on any atom is 0.233 e. The highest BCUT2D eigenvalue weighted by molar-refractivity contribution is 8.00. The third-order valence-electron chi connectivity index (χ3n) is 3.87. The van der Waals surface area contributed by atoms with Crippen LogP contribution in [0.15, 0.2) is 66.0 Å². The number of nitrogens with one attached hydrogen (secondary N) is 2. The lowest BCUT2D eigenvalue weighted by Crippen LogP contribution is -2.30. The summed E-state index contributed by atoms with van der Waals surface area (Å²) in [5, 5.41) is 9.59. The molecule has 2 N–H and O–H groups in total. The monoisotopic (exact) mass is 395 g/mol. The Balaban J connectivity index is 1.53. The molecule has 1 atom stereocenters. The molecule has 144 valence electrons. The quantitative estimate of drug-likeness (QED) is 0.600. The van der Waals surface area contributed by atoms with Gasteiger partial charge >= 0.3 is 0 Å². The first-order valence-electron chi connectivity index (χ1n) is 8.78. The van der Waals surface area contributed by atoms with E-state index in [1.807, 2.05) is 55.6 Å². The van der Waals surface area contributed by atoms with Crippen molar-refractivity contribution in [3.8, 4) is 5.82 Å². The van der Waals surface area contributed by atoms with Crippen LogP contribution in [0.4, 0.5) is 5.69 Å². The van der Waals surface area contributed by atoms with Gasteiger partial charge in [-0.3, -0.25) is 9.59 Å². The lowest BCUT2D eigenvalue weighted by molar-refractivity contribution is -0.120. The van der Waals surface area contributed by atoms with Gasteiger partial charge in [-0.1, -0.05) is 0 Å². The molecule has 0 fully saturated rings. The van der Waals surface area contributed by atoms with E-state index in [0.29, 0.717) is 12.4 Å². The Bertz CT molecular complexity index is 941. The van der Waals surface area contributed by atoms with Crippen LogP contribution in [0.5, 0.6) is 0 Å². The van der Waals surface area contributed by atoms with Gasteiger partial charge in [0.1, 0.15) is 0 Å². The molecule has 2 amide bonds. The lowest BCUT2D eigenvalue weighted by atomic mass is 10.2. The average molecular weight is 395 g/mol. The number of hydrogen-bond donors (Lipinski definition) is 2. The van der Waals surface area contributed by atoms with Crippen molar-refractivity contribution in [2.75, 3.05) is 5.32 Å². The first-order chi connectivity index (χ1) is 13.5. The van der Waals surface area contributed by atoms with Crippen LogP contribution in [0.1, 0.15) is 19.4 Å². The number of anilines is 1. The number of rotatable bonds is 7. The smallest absolute Gasteiger partial charge is 0.233 e. The van der Waals surface area contributed by atoms with Crippen molar-refractivity contribution in [2.45, 2.75) is 30.5 Å². The van der Waals surface area contributed by atoms with Crippen molar-refractivity contribution in [3.05, 3.63) is 66.6 Å². The van der Waals surface area contributed by atoms with Crippen molar-refractivity contribution in [1.29, 1.82) is 0 Å². The van der Waals surface area contributed by atoms with E-state index in [-0.39, 0.29) is 17.1 Å². The molecule has 0 spiro atoms. The number of aromatic nitrogens is 3. The molecule has 1 aromatic carbocycles. The number of carbonyl (C=O) groups is 2. The molecule has 0 unspecified atom stereocenters. The molecule has 3 aromatic rings. The second kappa shape index (κ2) is 9.18. The SMILES string of the molecule is CC(=O)Nc1ccc(S[C@@H](C)C(=O)NCc2ccnc(-n3cccn3)c2)cc1. The standard InChI is InChI=1S/C20H21N5O2S/c1-14(28-18-6-4-17(5-7-18)24-15(2)26)20(27)22-13-16-8-10-21-19(12-16)25-11-3-9-23-25/h3-12,14H,13H2,1-2H3,(H,22,27)(H,24,26)/t14-/m0/s1. The zero-order chi connectivity index (χ0) is 19.9. The summed E-state index contributed by atoms with van der Waals surface area (Å²) in [4.78, 5) is 28.7. The number of hydrogen-bond acceptors (Lipinski definition) is 5. The van der Waals surface area contributed by atoms with Crippen LogP contribution in [0, 0.1) is 0 Å². The van der Waals surface area contributed by atoms with Crippen molar-refractivity contribution in [1.82, 2.24) is 20.1 Å². The minimum absolute atomic E-state index is 0.0478. The fourth-order valence-electron chi connectivity index (χ4n) is 2.51. The molecule has 0 aliphatic rings. The Kier molecular flexibility index (Phi) is 6.44. The molecule has 0 aliphatic carbocycles. The zero-order valence-corrected chi connectivity index (χ0v) is 16.4. The van der Waals surface area contributed by atoms with Crippen LogP contribution < -0.4 is 10.6 Å². The van der Waals surface area contributed by atoms with E-state index in [1.54, 1.807) is 17.1 Å². The Morgan fingerprint density at radius 3 is 2.64 bits per heavy atom. The van der Waals surface area contributed by atoms with E-state index in [9.17, 15) is 9.59 Å². The average Bonchev–Trinajstić information content (AvgIpc) is 3.22. The Labute approximate surface area is 167 Å². The number of benzene rings is 1. The van der Waals surface area contributed by atoms with Gasteiger partial charge < -0.3 is 10.6 Å². The van der Waals surface area contributed by atoms with Crippen LogP contribution in [0.2, 0.25) is 0 Å². The summed E-state index contributed by atoms with van der Waals surface area (Å²) in [6, 6.07) is 13.0. The van der Waals surface area contributed by atoms with Crippen molar-refractivity contribution in [2.24, 2.45) is 0 Å². The first kappa shape index (κ1) is 19.6. The van der Waals surface area contributed by atoms with Gasteiger partial charge in [0.15, 0.2) is 5.82 Å². The number of carbonyl (C=O) groups excluding carboxylic acids is 2. The van der Waals surface area contributed by atoms with Gasteiger partial charge in [-0.15, -0.1) is 11.8 Å². The second-order valence-electron chi connectivity index (χ2n) is 6.16. The summed E-state index contributed by atoms with van der Waals surface area (Å²) in [6.45, 7) is 3.75. The van der Waals surface area contributed by atoms with E-state index in [1.165, 1.54) is 18.7 Å². The highest BCUT2D eigenvalue weighted by atomic mass is 32.2. The topological polar surface area (TPSA) is 88.9 Å². The van der Waals surface area contributed by atoms with Crippen molar-refractivity contribution >= 4 is 29.3 Å². The van der Waals surface area contributed by atoms with Crippen LogP contribution in [0.3, 0.4) is 0 Å². The predicted molar refractivity (Wildman–Crippen MR) is 109 cm³/mol. The molecule has 3 rings (SSSR count). The number of pyridine rings is 1. The maximum absolute atomic E-state index is 12.4. The van der Waals surface area contributed by atoms with Crippen LogP contribution in [-0.2, 0) is 16.1 Å². The molecular weight excluding hydrogens is 374 g/mol. The molecule has 0 aliphatic heterocycles. The molecule has 8 heteroatoms. The molecule has 2 aromatic heterocycles. The summed E-state index contributed by atoms with van der Waals surface area (Å²) >= 11 is 1.46. The minimum Gasteiger partial charge on any atom is -0.351 e. The molecule has 0 radical (unpaired) electrons. The number of thioether (sulfide) groups is 1. The van der Waals surface area contributed by atoms with Gasteiger partial charge in [0.25, 0.3) is 0 Å². The van der Waals surface area contributed by atoms with E-state index in [4.69, 9.17) is 0 Å². The Morgan fingerprint density at radius 1 is 1.18 bits per heavy atom. The molecule has 0 saturated heterocycles. The highest BCUT2D eigenvalue weighted by Gasteiger charge is 2.14. The molecule has 7 nitrogen and oxygen atoms in total. The van der Waals surface area contributed by atoms with Gasteiger partial charge in [0, 0.05) is 42.6 Å². The third kappa shape index (κ3) is 5.43. The van der Waals surface area contributed by atoms with Gasteiger partial charge in [0.05, 0.1) is 5.25 Å². The minimum atomic E-state index is -0.251. The second-order valence-corrected chi connectivity index (χ2v) is 7.57. The lowest BCUT2D eigenvalue weighted by Gasteiger charge is -2.13. The van der Waals surface area contributed by atoms with E-state index in [0.717, 1.165) is 16.1 Å². The van der Waals surface area contributed by atoms with E-state index >= 15 is 0 Å². The first-order valence-corrected chi connectivity index (χ1v) is 9.66. The van der Waals surface area contributed by atoms with E-state index in [2.05, 4.69) is 20.7 Å². The van der Waals surface area contributed by atoms with Gasteiger partial charge in [-0.05, 0) is 55.0 Å². The predicted octanol–water partition coefficient (Wildman–Crippen LogP) is 3.02. The molecule has 28 heavy (non-hydrogen) atoms. The Morgan fingerprint density at radius 2 is 1.96 bits per heavy atom. The van der Waals surface area contributed by atoms with Gasteiger partial charge in [-0.25, -0.2) is 9.67 Å². The molecule has 0 saturated carbocycles. The van der Waals surface area contributed by atoms with Crippen LogP contribution in [-0.4, -0.2) is 31.8 Å². The van der Waals surface area contributed by atoms with Crippen LogP contribution in [0.25, 0.3) is 5.82 Å². The summed E-state index contributed by atoms with van der Waals surface area (Å²) in [6.07, 6.45) is 5.21.